The first-order valence-electron chi connectivity index (χ1n) is 8.97. The maximum atomic E-state index is 12.6. The van der Waals surface area contributed by atoms with Crippen molar-refractivity contribution in [2.75, 3.05) is 20.2 Å². The number of sulfonamides is 1. The van der Waals surface area contributed by atoms with E-state index in [-0.39, 0.29) is 19.1 Å². The Bertz CT molecular complexity index is 867. The van der Waals surface area contributed by atoms with Crippen molar-refractivity contribution in [3.05, 3.63) is 19.8 Å². The van der Waals surface area contributed by atoms with Gasteiger partial charge in [0.1, 0.15) is 5.60 Å². The van der Waals surface area contributed by atoms with Crippen LogP contribution in [0, 0.1) is 0 Å². The molecule has 29 heavy (non-hydrogen) atoms. The number of unbranched alkanes of at least 4 members (excludes halogenated alkanes) is 1. The van der Waals surface area contributed by atoms with Crippen molar-refractivity contribution in [2.24, 2.45) is 4.99 Å². The highest BCUT2D eigenvalue weighted by Gasteiger charge is 2.37. The molecule has 0 aromatic carbocycles. The van der Waals surface area contributed by atoms with Gasteiger partial charge in [0.05, 0.1) is 15.4 Å². The lowest BCUT2D eigenvalue weighted by Gasteiger charge is -2.30. The Morgan fingerprint density at radius 1 is 1.45 bits per heavy atom. The number of nitrogens with zero attached hydrogens (tertiary/aromatic N) is 2. The molecule has 0 spiro atoms. The average molecular weight is 531 g/mol. The third kappa shape index (κ3) is 7.09. The van der Waals surface area contributed by atoms with E-state index in [0.717, 1.165) is 30.8 Å². The van der Waals surface area contributed by atoms with Crippen LogP contribution in [0.4, 0.5) is 4.79 Å². The molecule has 164 valence electrons. The van der Waals surface area contributed by atoms with Gasteiger partial charge in [0.2, 0.25) is 5.96 Å². The summed E-state index contributed by atoms with van der Waals surface area (Å²) in [5.41, 5.74) is -1.79. The molecular formula is C17H25BrClN3O5S2. The number of carbonyl (C=O) groups is 1. The number of amides is 1. The zero-order valence-electron chi connectivity index (χ0n) is 16.7. The van der Waals surface area contributed by atoms with Crippen LogP contribution in [0.5, 0.6) is 0 Å². The lowest BCUT2D eigenvalue weighted by Crippen LogP contribution is -2.53. The fourth-order valence-corrected chi connectivity index (χ4v) is 5.83. The molecular weight excluding hydrogens is 506 g/mol. The van der Waals surface area contributed by atoms with Gasteiger partial charge in [-0.25, -0.2) is 22.5 Å². The summed E-state index contributed by atoms with van der Waals surface area (Å²) in [6.45, 7) is 5.33. The molecule has 1 aromatic rings. The number of aryl methyl sites for hydroxylation is 1. The number of halogens is 2. The van der Waals surface area contributed by atoms with Gasteiger partial charge >= 0.3 is 6.09 Å². The summed E-state index contributed by atoms with van der Waals surface area (Å²) >= 11 is 11.1. The van der Waals surface area contributed by atoms with E-state index in [1.165, 1.54) is 7.05 Å². The minimum atomic E-state index is -3.80. The Kier molecular flexibility index (Phi) is 8.37. The largest absolute Gasteiger partial charge is 0.444 e. The Morgan fingerprint density at radius 3 is 2.72 bits per heavy atom. The lowest BCUT2D eigenvalue weighted by atomic mass is 10.2. The van der Waals surface area contributed by atoms with Gasteiger partial charge in [0.15, 0.2) is 5.44 Å². The minimum Gasteiger partial charge on any atom is -0.444 e. The SMILES string of the molecule is CN1C(NC(=O)OC(C)(C)C)=NCC(OCCCCc2sc(Br)cc2Cl)S1(=O)=O. The Hall–Kier alpha value is -0.880. The van der Waals surface area contributed by atoms with Crippen molar-refractivity contribution in [1.29, 1.82) is 0 Å². The summed E-state index contributed by atoms with van der Waals surface area (Å²) in [6, 6.07) is 1.86. The minimum absolute atomic E-state index is 0.0861. The first-order chi connectivity index (χ1) is 13.4. The quantitative estimate of drug-likeness (QED) is 0.561. The van der Waals surface area contributed by atoms with Gasteiger partial charge in [-0.2, -0.15) is 0 Å². The van der Waals surface area contributed by atoms with Gasteiger partial charge in [0, 0.05) is 18.5 Å². The molecule has 0 bridgehead atoms. The summed E-state index contributed by atoms with van der Waals surface area (Å²) in [5, 5.41) is 3.10. The van der Waals surface area contributed by atoms with E-state index < -0.39 is 27.2 Å². The first kappa shape index (κ1) is 24.4. The molecule has 2 heterocycles. The predicted octanol–water partition coefficient (Wildman–Crippen LogP) is 3.99. The molecule has 2 rings (SSSR count). The van der Waals surface area contributed by atoms with Crippen LogP contribution in [0.25, 0.3) is 0 Å². The Morgan fingerprint density at radius 2 is 2.14 bits per heavy atom. The third-order valence-corrected chi connectivity index (χ3v) is 7.88. The van der Waals surface area contributed by atoms with Crippen molar-refractivity contribution in [1.82, 2.24) is 9.62 Å². The van der Waals surface area contributed by atoms with Gasteiger partial charge in [0.25, 0.3) is 10.0 Å². The third-order valence-electron chi connectivity index (χ3n) is 3.84. The summed E-state index contributed by atoms with van der Waals surface area (Å²) in [7, 11) is -2.48. The number of hydrogen-bond acceptors (Lipinski definition) is 7. The summed E-state index contributed by atoms with van der Waals surface area (Å²) < 4.78 is 37.8. The van der Waals surface area contributed by atoms with E-state index in [0.29, 0.717) is 6.42 Å². The normalized spacial score (nSPS) is 19.0. The molecule has 0 aliphatic carbocycles. The van der Waals surface area contributed by atoms with E-state index in [9.17, 15) is 13.2 Å². The van der Waals surface area contributed by atoms with Crippen molar-refractivity contribution in [3.8, 4) is 0 Å². The number of aliphatic imine (C=N–C) groups is 1. The number of ether oxygens (including phenoxy) is 2. The standard InChI is InChI=1S/C17H25BrClN3O5S2/c1-17(2,3)27-16(23)21-15-20-10-14(29(24,25)22(15)4)26-8-6-5-7-12-11(19)9-13(18)28-12/h9,14H,5-8,10H2,1-4H3,(H,20,21,23). The molecule has 8 nitrogen and oxygen atoms in total. The van der Waals surface area contributed by atoms with E-state index >= 15 is 0 Å². The van der Waals surface area contributed by atoms with E-state index in [1.807, 2.05) is 6.07 Å². The van der Waals surface area contributed by atoms with Gasteiger partial charge in [-0.3, -0.25) is 5.32 Å². The average Bonchev–Trinajstić information content (AvgIpc) is 2.89. The first-order valence-corrected chi connectivity index (χ1v) is 12.5. The highest BCUT2D eigenvalue weighted by molar-refractivity contribution is 9.11. The van der Waals surface area contributed by atoms with Crippen LogP contribution in [-0.4, -0.2) is 56.0 Å². The molecule has 0 saturated heterocycles. The number of guanidine groups is 1. The molecule has 12 heteroatoms. The second kappa shape index (κ2) is 9.95. The van der Waals surface area contributed by atoms with Crippen molar-refractivity contribution >= 4 is 60.9 Å². The van der Waals surface area contributed by atoms with Crippen LogP contribution >= 0.6 is 38.9 Å². The molecule has 1 atom stereocenters. The van der Waals surface area contributed by atoms with Gasteiger partial charge < -0.3 is 9.47 Å². The maximum absolute atomic E-state index is 12.6. The second-order valence-electron chi connectivity index (χ2n) is 7.38. The predicted molar refractivity (Wildman–Crippen MR) is 118 cm³/mol. The lowest BCUT2D eigenvalue weighted by molar-refractivity contribution is 0.0557. The Balaban J connectivity index is 1.84. The number of rotatable bonds is 6. The molecule has 0 saturated carbocycles. The second-order valence-corrected chi connectivity index (χ2v) is 12.4. The molecule has 1 unspecified atom stereocenters. The molecule has 1 aromatic heterocycles. The molecule has 1 N–H and O–H groups in total. The number of thiophene rings is 1. The Labute approximate surface area is 188 Å². The molecule has 1 aliphatic rings. The van der Waals surface area contributed by atoms with Gasteiger partial charge in [-0.1, -0.05) is 11.6 Å². The molecule has 1 aliphatic heterocycles. The van der Waals surface area contributed by atoms with Crippen LogP contribution in [0.3, 0.4) is 0 Å². The van der Waals surface area contributed by atoms with Crippen molar-refractivity contribution < 1.29 is 22.7 Å². The highest BCUT2D eigenvalue weighted by Crippen LogP contribution is 2.32. The van der Waals surface area contributed by atoms with Crippen LogP contribution in [0.1, 0.15) is 38.5 Å². The number of hydrogen-bond donors (Lipinski definition) is 1. The van der Waals surface area contributed by atoms with Crippen LogP contribution in [0.2, 0.25) is 5.02 Å². The molecule has 0 fully saturated rings. The number of alkyl carbamates (subject to hydrolysis) is 1. The number of nitrogens with one attached hydrogen (secondary N) is 1. The van der Waals surface area contributed by atoms with Gasteiger partial charge in [-0.15, -0.1) is 11.3 Å². The smallest absolute Gasteiger partial charge is 0.414 e. The van der Waals surface area contributed by atoms with Crippen LogP contribution in [-0.2, 0) is 25.9 Å². The fraction of sp³-hybridized carbons (Fsp3) is 0.647. The van der Waals surface area contributed by atoms with E-state index in [1.54, 1.807) is 32.1 Å². The van der Waals surface area contributed by atoms with Crippen LogP contribution in [0.15, 0.2) is 14.8 Å². The monoisotopic (exact) mass is 529 g/mol. The maximum Gasteiger partial charge on any atom is 0.414 e. The highest BCUT2D eigenvalue weighted by atomic mass is 79.9. The van der Waals surface area contributed by atoms with E-state index in [4.69, 9.17) is 21.1 Å². The summed E-state index contributed by atoms with van der Waals surface area (Å²) in [6.07, 6.45) is 1.55. The zero-order chi connectivity index (χ0) is 21.8. The fourth-order valence-electron chi connectivity index (χ4n) is 2.45. The zero-order valence-corrected chi connectivity index (χ0v) is 20.7. The summed E-state index contributed by atoms with van der Waals surface area (Å²) in [4.78, 5) is 17.1. The molecule has 1 amide bonds. The topological polar surface area (TPSA) is 97.3 Å². The van der Waals surface area contributed by atoms with Crippen molar-refractivity contribution in [3.63, 3.8) is 0 Å². The van der Waals surface area contributed by atoms with Gasteiger partial charge in [-0.05, 0) is 62.0 Å². The van der Waals surface area contributed by atoms with E-state index in [2.05, 4.69) is 26.2 Å². The van der Waals surface area contributed by atoms with Crippen molar-refractivity contribution in [2.45, 2.75) is 51.1 Å². The molecule has 0 radical (unpaired) electrons. The summed E-state index contributed by atoms with van der Waals surface area (Å²) in [5.74, 6) is -0.0861. The number of carbonyl (C=O) groups excluding carboxylic acids is 1. The van der Waals surface area contributed by atoms with Crippen LogP contribution < -0.4 is 5.32 Å².